The van der Waals surface area contributed by atoms with Gasteiger partial charge in [-0.15, -0.1) is 9.97 Å². The first-order valence-electron chi connectivity index (χ1n) is 10.3. The zero-order valence-corrected chi connectivity index (χ0v) is 18.6. The van der Waals surface area contributed by atoms with Crippen molar-refractivity contribution in [3.05, 3.63) is 51.3 Å². The SMILES string of the molecule is [C-]#[N+]c1nc2nc3n(c2nc1C#N)c1nc2nc(C)c(C#N)nc2n1c1nc2nc([N+]#[C-])c([N+]#[C-])nc2n13. The molecule has 17 nitrogen and oxygen atoms in total. The van der Waals surface area contributed by atoms with Crippen molar-refractivity contribution in [2.24, 2.45) is 0 Å². The highest BCUT2D eigenvalue weighted by Crippen LogP contribution is 2.30. The standard InChI is InChI=1S/C21H3N17/c1-7-8(5-22)28-16-13(27-7)33-19-36(16)21-35-15-18(32-12(26-4)11(25-3)31-15)38(21)20-34-14-17(37(19)20)29-9(6-23)10(24-2)30-14/h1H3. The molecule has 0 radical (unpaired) electrons. The Hall–Kier alpha value is -6.90. The molecule has 172 valence electrons. The summed E-state index contributed by atoms with van der Waals surface area (Å²) in [5.41, 5.74) is 0.829. The molecular weight excluding hydrogens is 490 g/mol. The molecule has 0 atom stereocenters. The molecule has 0 saturated carbocycles. The number of fused-ring (bicyclic) bond motifs is 12. The predicted octanol–water partition coefficient (Wildman–Crippen LogP) is 2.16. The maximum atomic E-state index is 9.55. The molecule has 0 aliphatic rings. The highest BCUT2D eigenvalue weighted by atomic mass is 15.4. The largest absolute Gasteiger partial charge is 0.370 e. The molecule has 0 aromatic carbocycles. The number of aromatic nitrogens is 12. The summed E-state index contributed by atoms with van der Waals surface area (Å²) < 4.78 is 4.38. The van der Waals surface area contributed by atoms with Crippen molar-refractivity contribution in [3.8, 4) is 12.1 Å². The molecule has 0 fully saturated rings. The maximum Gasteiger partial charge on any atom is 0.317 e. The van der Waals surface area contributed by atoms with Crippen LogP contribution in [0.25, 0.3) is 65.8 Å². The Labute approximate surface area is 208 Å². The van der Waals surface area contributed by atoms with Crippen LogP contribution in [0.5, 0.6) is 0 Å². The van der Waals surface area contributed by atoms with Gasteiger partial charge in [0.25, 0.3) is 17.3 Å². The van der Waals surface area contributed by atoms with Gasteiger partial charge in [0.1, 0.15) is 12.1 Å². The molecule has 7 aromatic heterocycles. The van der Waals surface area contributed by atoms with E-state index in [2.05, 4.69) is 59.4 Å². The fourth-order valence-corrected chi connectivity index (χ4v) is 4.11. The number of hydrogen-bond acceptors (Lipinski definition) is 11. The van der Waals surface area contributed by atoms with Crippen molar-refractivity contribution >= 4 is 68.7 Å². The average Bonchev–Trinajstić information content (AvgIpc) is 3.60. The van der Waals surface area contributed by atoms with Gasteiger partial charge in [-0.2, -0.15) is 25.5 Å². The van der Waals surface area contributed by atoms with Crippen LogP contribution in [-0.2, 0) is 0 Å². The van der Waals surface area contributed by atoms with Crippen LogP contribution in [0.1, 0.15) is 17.1 Å². The van der Waals surface area contributed by atoms with Crippen molar-refractivity contribution in [1.29, 1.82) is 10.5 Å². The number of nitrogens with zero attached hydrogens (tertiary/aromatic N) is 17. The van der Waals surface area contributed by atoms with E-state index in [0.717, 1.165) is 0 Å². The van der Waals surface area contributed by atoms with Gasteiger partial charge in [-0.05, 0) is 6.92 Å². The summed E-state index contributed by atoms with van der Waals surface area (Å²) in [5, 5.41) is 19.1. The Kier molecular flexibility index (Phi) is 3.68. The van der Waals surface area contributed by atoms with Crippen LogP contribution >= 0.6 is 0 Å². The average molecular weight is 493 g/mol. The lowest BCUT2D eigenvalue weighted by molar-refractivity contribution is 0.993. The Balaban J connectivity index is 1.84. The Morgan fingerprint density at radius 3 is 1.47 bits per heavy atom. The summed E-state index contributed by atoms with van der Waals surface area (Å²) >= 11 is 0. The van der Waals surface area contributed by atoms with Crippen molar-refractivity contribution < 1.29 is 0 Å². The van der Waals surface area contributed by atoms with Gasteiger partial charge in [-0.3, -0.25) is 0 Å². The minimum atomic E-state index is -0.236. The van der Waals surface area contributed by atoms with E-state index in [1.807, 2.05) is 12.1 Å². The number of nitriles is 2. The summed E-state index contributed by atoms with van der Waals surface area (Å²) in [5.74, 6) is -0.248. The van der Waals surface area contributed by atoms with Crippen molar-refractivity contribution in [3.63, 3.8) is 0 Å². The quantitative estimate of drug-likeness (QED) is 0.281. The lowest BCUT2D eigenvalue weighted by Crippen LogP contribution is -2.06. The molecule has 0 N–H and O–H groups in total. The molecule has 0 unspecified atom stereocenters. The van der Waals surface area contributed by atoms with Gasteiger partial charge in [-0.1, -0.05) is 24.7 Å². The number of rotatable bonds is 0. The lowest BCUT2D eigenvalue weighted by Gasteiger charge is -2.03. The third kappa shape index (κ3) is 2.34. The molecular formula is C21H3N17. The van der Waals surface area contributed by atoms with Gasteiger partial charge < -0.3 is 14.5 Å². The molecule has 7 heterocycles. The second-order valence-electron chi connectivity index (χ2n) is 7.67. The summed E-state index contributed by atoms with van der Waals surface area (Å²) in [7, 11) is 0. The van der Waals surface area contributed by atoms with E-state index < -0.39 is 0 Å². The topological polar surface area (TPSA) is 190 Å². The minimum Gasteiger partial charge on any atom is -0.370 e. The molecule has 0 spiro atoms. The Morgan fingerprint density at radius 2 is 0.974 bits per heavy atom. The Bertz CT molecular complexity index is 2450. The fraction of sp³-hybridized carbons (Fsp3) is 0.0476. The number of hydrogen-bond donors (Lipinski definition) is 0. The Morgan fingerprint density at radius 1 is 0.553 bits per heavy atom. The van der Waals surface area contributed by atoms with Crippen molar-refractivity contribution in [2.75, 3.05) is 0 Å². The van der Waals surface area contributed by atoms with Crippen LogP contribution in [0.3, 0.4) is 0 Å². The van der Waals surface area contributed by atoms with Crippen LogP contribution in [0, 0.1) is 49.3 Å². The third-order valence-electron chi connectivity index (χ3n) is 5.68. The van der Waals surface area contributed by atoms with Crippen LogP contribution in [-0.4, -0.2) is 58.1 Å². The molecule has 7 rings (SSSR count). The maximum absolute atomic E-state index is 9.55. The van der Waals surface area contributed by atoms with E-state index in [1.54, 1.807) is 6.92 Å². The highest BCUT2D eigenvalue weighted by Gasteiger charge is 2.29. The van der Waals surface area contributed by atoms with Gasteiger partial charge in [0.05, 0.1) is 5.69 Å². The van der Waals surface area contributed by atoms with Crippen LogP contribution in [0.2, 0.25) is 0 Å². The van der Waals surface area contributed by atoms with E-state index in [-0.39, 0.29) is 80.1 Å². The van der Waals surface area contributed by atoms with E-state index >= 15 is 0 Å². The second-order valence-corrected chi connectivity index (χ2v) is 7.67. The normalized spacial score (nSPS) is 11.2. The molecule has 0 saturated heterocycles. The zero-order chi connectivity index (χ0) is 26.3. The van der Waals surface area contributed by atoms with Gasteiger partial charge in [0, 0.05) is 0 Å². The number of imidazole rings is 3. The van der Waals surface area contributed by atoms with Gasteiger partial charge in [0.2, 0.25) is 23.0 Å². The number of aryl methyl sites for hydroxylation is 1. The zero-order valence-electron chi connectivity index (χ0n) is 18.6. The fourth-order valence-electron chi connectivity index (χ4n) is 4.11. The highest BCUT2D eigenvalue weighted by molar-refractivity contribution is 5.87. The predicted molar refractivity (Wildman–Crippen MR) is 125 cm³/mol. The molecule has 0 amide bonds. The van der Waals surface area contributed by atoms with Crippen LogP contribution < -0.4 is 0 Å². The summed E-state index contributed by atoms with van der Waals surface area (Å²) in [6.45, 7) is 23.8. The third-order valence-corrected chi connectivity index (χ3v) is 5.68. The van der Waals surface area contributed by atoms with Gasteiger partial charge in [-0.25, -0.2) is 28.2 Å². The minimum absolute atomic E-state index is 0.0317. The van der Waals surface area contributed by atoms with Gasteiger partial charge >= 0.3 is 17.1 Å². The summed E-state index contributed by atoms with van der Waals surface area (Å²) in [4.78, 5) is 49.3. The lowest BCUT2D eigenvalue weighted by atomic mass is 10.3. The van der Waals surface area contributed by atoms with E-state index in [0.29, 0.717) is 5.69 Å². The molecule has 17 heteroatoms. The molecule has 0 aliphatic carbocycles. The smallest absolute Gasteiger partial charge is 0.317 e. The molecule has 0 bridgehead atoms. The molecule has 0 aliphatic heterocycles. The first-order chi connectivity index (χ1) is 18.5. The molecule has 7 aromatic rings. The van der Waals surface area contributed by atoms with Crippen LogP contribution in [0.4, 0.5) is 17.5 Å². The second kappa shape index (κ2) is 6.83. The first kappa shape index (κ1) is 20.5. The first-order valence-corrected chi connectivity index (χ1v) is 10.3. The van der Waals surface area contributed by atoms with E-state index in [9.17, 15) is 10.5 Å². The van der Waals surface area contributed by atoms with Crippen molar-refractivity contribution in [1.82, 2.24) is 58.1 Å². The van der Waals surface area contributed by atoms with Crippen LogP contribution in [0.15, 0.2) is 0 Å². The van der Waals surface area contributed by atoms with Crippen molar-refractivity contribution in [2.45, 2.75) is 6.92 Å². The van der Waals surface area contributed by atoms with E-state index in [1.165, 1.54) is 13.2 Å². The van der Waals surface area contributed by atoms with Gasteiger partial charge in [0.15, 0.2) is 22.7 Å². The monoisotopic (exact) mass is 493 g/mol. The summed E-state index contributed by atoms with van der Waals surface area (Å²) in [6, 6.07) is 3.86. The van der Waals surface area contributed by atoms with E-state index in [4.69, 9.17) is 19.7 Å². The summed E-state index contributed by atoms with van der Waals surface area (Å²) in [6.07, 6.45) is 0. The molecule has 38 heavy (non-hydrogen) atoms.